The fourth-order valence-corrected chi connectivity index (χ4v) is 0.822. The Morgan fingerprint density at radius 3 is 3.08 bits per heavy atom. The van der Waals surface area contributed by atoms with Gasteiger partial charge in [-0.15, -0.1) is 0 Å². The molecule has 0 bridgehead atoms. The zero-order chi connectivity index (χ0) is 9.68. The van der Waals surface area contributed by atoms with Crippen LogP contribution in [0.2, 0.25) is 0 Å². The lowest BCUT2D eigenvalue weighted by atomic mass is 10.5. The second kappa shape index (κ2) is 4.44. The smallest absolute Gasteiger partial charge is 0.319 e. The van der Waals surface area contributed by atoms with Crippen molar-refractivity contribution >= 4 is 11.7 Å². The Bertz CT molecular complexity index is 286. The van der Waals surface area contributed by atoms with E-state index in [4.69, 9.17) is 0 Å². The zero-order valence-corrected chi connectivity index (χ0v) is 7.25. The quantitative estimate of drug-likeness (QED) is 0.722. The Morgan fingerprint density at radius 1 is 1.77 bits per heavy atom. The summed E-state index contributed by atoms with van der Waals surface area (Å²) in [6, 6.07) is -0.425. The van der Waals surface area contributed by atoms with Crippen molar-refractivity contribution in [2.75, 3.05) is 18.5 Å². The highest BCUT2D eigenvalue weighted by atomic mass is 19.1. The van der Waals surface area contributed by atoms with Crippen molar-refractivity contribution in [3.8, 4) is 0 Å². The minimum absolute atomic E-state index is 0.0199. The number of hydrogen-bond donors (Lipinski definition) is 2. The fraction of sp³-hybridized carbons (Fsp3) is 0.429. The molecule has 0 saturated carbocycles. The highest BCUT2D eigenvalue weighted by molar-refractivity contribution is 5.88. The van der Waals surface area contributed by atoms with Crippen LogP contribution in [0.25, 0.3) is 0 Å². The number of hydrogen-bond acceptors (Lipinski definition) is 2. The van der Waals surface area contributed by atoms with Crippen molar-refractivity contribution in [3.63, 3.8) is 0 Å². The molecule has 0 saturated heterocycles. The number of anilines is 1. The van der Waals surface area contributed by atoms with E-state index in [2.05, 4.69) is 15.7 Å². The van der Waals surface area contributed by atoms with Gasteiger partial charge in [0.2, 0.25) is 0 Å². The first kappa shape index (κ1) is 9.50. The standard InChI is InChI=1S/C7H11FN4O/c1-12-5-6(4-10-12)11-7(13)9-3-2-8/h4-5H,2-3H2,1H3,(H2,9,11,13). The van der Waals surface area contributed by atoms with Gasteiger partial charge in [-0.3, -0.25) is 4.68 Å². The molecule has 13 heavy (non-hydrogen) atoms. The Kier molecular flexibility index (Phi) is 3.24. The van der Waals surface area contributed by atoms with Gasteiger partial charge < -0.3 is 10.6 Å². The van der Waals surface area contributed by atoms with Gasteiger partial charge in [0.1, 0.15) is 6.67 Å². The van der Waals surface area contributed by atoms with Crippen LogP contribution in [0, 0.1) is 0 Å². The lowest BCUT2D eigenvalue weighted by Crippen LogP contribution is -2.30. The molecule has 0 radical (unpaired) electrons. The van der Waals surface area contributed by atoms with Crippen LogP contribution >= 0.6 is 0 Å². The molecule has 72 valence electrons. The highest BCUT2D eigenvalue weighted by Gasteiger charge is 2.01. The van der Waals surface area contributed by atoms with Gasteiger partial charge >= 0.3 is 6.03 Å². The summed E-state index contributed by atoms with van der Waals surface area (Å²) in [4.78, 5) is 11.0. The molecule has 2 N–H and O–H groups in total. The maximum Gasteiger partial charge on any atom is 0.319 e. The van der Waals surface area contributed by atoms with Crippen LogP contribution in [0.1, 0.15) is 0 Å². The third-order valence-electron chi connectivity index (χ3n) is 1.34. The molecule has 6 heteroatoms. The number of urea groups is 1. The molecular weight excluding hydrogens is 175 g/mol. The molecule has 5 nitrogen and oxygen atoms in total. The van der Waals surface area contributed by atoms with Crippen molar-refractivity contribution in [1.82, 2.24) is 15.1 Å². The summed E-state index contributed by atoms with van der Waals surface area (Å²) in [6.07, 6.45) is 3.16. The van der Waals surface area contributed by atoms with Crippen molar-refractivity contribution in [2.24, 2.45) is 7.05 Å². The number of carbonyl (C=O) groups is 1. The number of halogens is 1. The van der Waals surface area contributed by atoms with Gasteiger partial charge in [-0.2, -0.15) is 5.10 Å². The molecule has 0 aliphatic heterocycles. The van der Waals surface area contributed by atoms with E-state index < -0.39 is 12.7 Å². The summed E-state index contributed by atoms with van der Waals surface area (Å²) in [5.41, 5.74) is 0.582. The lowest BCUT2D eigenvalue weighted by Gasteiger charge is -2.02. The Balaban J connectivity index is 2.36. The largest absolute Gasteiger partial charge is 0.335 e. The van der Waals surface area contributed by atoms with Crippen LogP contribution in [0.15, 0.2) is 12.4 Å². The minimum atomic E-state index is -0.569. The Morgan fingerprint density at radius 2 is 2.54 bits per heavy atom. The molecule has 0 spiro atoms. The predicted molar refractivity (Wildman–Crippen MR) is 46.2 cm³/mol. The second-order valence-corrected chi connectivity index (χ2v) is 2.47. The molecule has 1 aromatic rings. The van der Waals surface area contributed by atoms with E-state index in [1.54, 1.807) is 17.9 Å². The molecular formula is C7H11FN4O. The Hall–Kier alpha value is -1.59. The summed E-state index contributed by atoms with van der Waals surface area (Å²) >= 11 is 0. The van der Waals surface area contributed by atoms with Crippen LogP contribution in [-0.2, 0) is 7.05 Å². The molecule has 0 aromatic carbocycles. The number of nitrogens with one attached hydrogen (secondary N) is 2. The lowest BCUT2D eigenvalue weighted by molar-refractivity contribution is 0.251. The average molecular weight is 186 g/mol. The van der Waals surface area contributed by atoms with Gasteiger partial charge in [0.25, 0.3) is 0 Å². The molecule has 1 aromatic heterocycles. The van der Waals surface area contributed by atoms with Crippen molar-refractivity contribution in [1.29, 1.82) is 0 Å². The van der Waals surface area contributed by atoms with E-state index in [-0.39, 0.29) is 6.54 Å². The van der Waals surface area contributed by atoms with E-state index in [1.165, 1.54) is 6.20 Å². The van der Waals surface area contributed by atoms with Gasteiger partial charge in [0, 0.05) is 19.8 Å². The van der Waals surface area contributed by atoms with Gasteiger partial charge in [0.15, 0.2) is 0 Å². The second-order valence-electron chi connectivity index (χ2n) is 2.47. The monoisotopic (exact) mass is 186 g/mol. The minimum Gasteiger partial charge on any atom is -0.335 e. The third kappa shape index (κ3) is 3.10. The third-order valence-corrected chi connectivity index (χ3v) is 1.34. The summed E-state index contributed by atoms with van der Waals surface area (Å²) in [5.74, 6) is 0. The predicted octanol–water partition coefficient (Wildman–Crippen LogP) is 0.511. The molecule has 0 fully saturated rings. The summed E-state index contributed by atoms with van der Waals surface area (Å²) in [5, 5.41) is 8.68. The zero-order valence-electron chi connectivity index (χ0n) is 7.25. The molecule has 1 heterocycles. The number of aromatic nitrogens is 2. The van der Waals surface area contributed by atoms with E-state index in [1.807, 2.05) is 0 Å². The van der Waals surface area contributed by atoms with E-state index in [0.717, 1.165) is 0 Å². The van der Waals surface area contributed by atoms with Crippen LogP contribution in [0.5, 0.6) is 0 Å². The number of rotatable bonds is 3. The maximum atomic E-state index is 11.6. The Labute approximate surface area is 74.9 Å². The van der Waals surface area contributed by atoms with Crippen LogP contribution in [0.4, 0.5) is 14.9 Å². The van der Waals surface area contributed by atoms with Crippen LogP contribution in [0.3, 0.4) is 0 Å². The van der Waals surface area contributed by atoms with Crippen LogP contribution in [-0.4, -0.2) is 29.0 Å². The number of amides is 2. The first-order chi connectivity index (χ1) is 6.22. The number of alkyl halides is 1. The molecule has 0 atom stereocenters. The topological polar surface area (TPSA) is 59.0 Å². The maximum absolute atomic E-state index is 11.6. The van der Waals surface area contributed by atoms with Crippen molar-refractivity contribution in [2.45, 2.75) is 0 Å². The molecule has 2 amide bonds. The van der Waals surface area contributed by atoms with E-state index in [9.17, 15) is 9.18 Å². The average Bonchev–Trinajstić information content (AvgIpc) is 2.48. The fourth-order valence-electron chi connectivity index (χ4n) is 0.822. The van der Waals surface area contributed by atoms with Crippen molar-refractivity contribution < 1.29 is 9.18 Å². The number of nitrogens with zero attached hydrogens (tertiary/aromatic N) is 2. The molecule has 0 aliphatic carbocycles. The SMILES string of the molecule is Cn1cc(NC(=O)NCCF)cn1. The van der Waals surface area contributed by atoms with Gasteiger partial charge in [-0.25, -0.2) is 9.18 Å². The summed E-state index contributed by atoms with van der Waals surface area (Å²) in [7, 11) is 1.74. The number of carbonyl (C=O) groups excluding carboxylic acids is 1. The van der Waals surface area contributed by atoms with Crippen molar-refractivity contribution in [3.05, 3.63) is 12.4 Å². The van der Waals surface area contributed by atoms with E-state index in [0.29, 0.717) is 5.69 Å². The molecule has 0 aliphatic rings. The normalized spacial score (nSPS) is 9.69. The van der Waals surface area contributed by atoms with E-state index >= 15 is 0 Å². The molecule has 0 unspecified atom stereocenters. The summed E-state index contributed by atoms with van der Waals surface area (Å²) < 4.78 is 13.2. The molecule has 1 rings (SSSR count). The first-order valence-electron chi connectivity index (χ1n) is 3.82. The summed E-state index contributed by atoms with van der Waals surface area (Å²) in [6.45, 7) is -0.549. The highest BCUT2D eigenvalue weighted by Crippen LogP contribution is 2.01. The first-order valence-corrected chi connectivity index (χ1v) is 3.82. The van der Waals surface area contributed by atoms with Crippen LogP contribution < -0.4 is 10.6 Å². The van der Waals surface area contributed by atoms with Gasteiger partial charge in [-0.05, 0) is 0 Å². The number of aryl methyl sites for hydroxylation is 1. The van der Waals surface area contributed by atoms with Gasteiger partial charge in [-0.1, -0.05) is 0 Å². The van der Waals surface area contributed by atoms with Gasteiger partial charge in [0.05, 0.1) is 11.9 Å².